The molecule has 0 spiro atoms. The number of hydrogen-bond donors (Lipinski definition) is 1. The fourth-order valence-electron chi connectivity index (χ4n) is 1.77. The van der Waals surface area contributed by atoms with Crippen molar-refractivity contribution in [2.45, 2.75) is 20.0 Å². The molecule has 1 aromatic carbocycles. The van der Waals surface area contributed by atoms with Crippen LogP contribution in [0, 0.1) is 18.3 Å². The van der Waals surface area contributed by atoms with Crippen LogP contribution in [0.2, 0.25) is 0 Å². The second-order valence-corrected chi connectivity index (χ2v) is 5.02. The van der Waals surface area contributed by atoms with Gasteiger partial charge < -0.3 is 10.1 Å². The van der Waals surface area contributed by atoms with Crippen molar-refractivity contribution >= 4 is 11.3 Å². The third-order valence-corrected chi connectivity index (χ3v) is 3.72. The van der Waals surface area contributed by atoms with Crippen molar-refractivity contribution < 1.29 is 4.74 Å². The van der Waals surface area contributed by atoms with E-state index >= 15 is 0 Å². The van der Waals surface area contributed by atoms with E-state index in [1.165, 1.54) is 11.1 Å². The van der Waals surface area contributed by atoms with E-state index in [0.717, 1.165) is 24.4 Å². The van der Waals surface area contributed by atoms with Crippen molar-refractivity contribution in [1.29, 1.82) is 5.26 Å². The first-order valence-electron chi connectivity index (χ1n) is 6.10. The average Bonchev–Trinajstić information content (AvgIpc) is 2.83. The van der Waals surface area contributed by atoms with Crippen LogP contribution in [0.1, 0.15) is 16.7 Å². The van der Waals surface area contributed by atoms with Crippen LogP contribution < -0.4 is 10.1 Å². The van der Waals surface area contributed by atoms with Crippen molar-refractivity contribution in [3.8, 4) is 11.8 Å². The van der Waals surface area contributed by atoms with Gasteiger partial charge in [0.25, 0.3) is 0 Å². The molecule has 0 radical (unpaired) electrons. The topological polar surface area (TPSA) is 45.0 Å². The number of thiophene rings is 1. The zero-order valence-corrected chi connectivity index (χ0v) is 11.7. The van der Waals surface area contributed by atoms with Gasteiger partial charge in [0.05, 0.1) is 0 Å². The maximum Gasteiger partial charge on any atom is 0.174 e. The van der Waals surface area contributed by atoms with Gasteiger partial charge in [0.1, 0.15) is 11.8 Å². The van der Waals surface area contributed by atoms with E-state index in [2.05, 4.69) is 23.0 Å². The fourth-order valence-corrected chi connectivity index (χ4v) is 2.63. The van der Waals surface area contributed by atoms with Crippen LogP contribution in [-0.4, -0.2) is 6.61 Å². The molecule has 1 N–H and O–H groups in total. The average molecular weight is 272 g/mol. The maximum absolute atomic E-state index is 8.48. The van der Waals surface area contributed by atoms with Gasteiger partial charge in [-0.2, -0.15) is 16.6 Å². The molecule has 2 rings (SSSR count). The van der Waals surface area contributed by atoms with Crippen molar-refractivity contribution in [1.82, 2.24) is 5.32 Å². The van der Waals surface area contributed by atoms with Crippen molar-refractivity contribution in [2.24, 2.45) is 0 Å². The minimum absolute atomic E-state index is 0.0883. The second kappa shape index (κ2) is 6.93. The van der Waals surface area contributed by atoms with E-state index in [9.17, 15) is 0 Å². The summed E-state index contributed by atoms with van der Waals surface area (Å²) in [5.41, 5.74) is 3.84. The maximum atomic E-state index is 8.48. The molecule has 0 aliphatic carbocycles. The highest BCUT2D eigenvalue weighted by Crippen LogP contribution is 2.15. The Kier molecular flexibility index (Phi) is 4.96. The van der Waals surface area contributed by atoms with E-state index in [-0.39, 0.29) is 6.61 Å². The van der Waals surface area contributed by atoms with Crippen LogP contribution in [0.5, 0.6) is 5.75 Å². The Morgan fingerprint density at radius 1 is 1.32 bits per heavy atom. The van der Waals surface area contributed by atoms with Crippen molar-refractivity contribution in [3.05, 3.63) is 51.7 Å². The Morgan fingerprint density at radius 3 is 2.95 bits per heavy atom. The van der Waals surface area contributed by atoms with Gasteiger partial charge >= 0.3 is 0 Å². The van der Waals surface area contributed by atoms with Crippen molar-refractivity contribution in [3.63, 3.8) is 0 Å². The summed E-state index contributed by atoms with van der Waals surface area (Å²) in [5, 5.41) is 16.2. The third kappa shape index (κ3) is 4.09. The molecule has 2 aromatic rings. The van der Waals surface area contributed by atoms with Gasteiger partial charge in [0.15, 0.2) is 6.61 Å². The van der Waals surface area contributed by atoms with Crippen molar-refractivity contribution in [2.75, 3.05) is 6.61 Å². The minimum Gasteiger partial charge on any atom is -0.479 e. The summed E-state index contributed by atoms with van der Waals surface area (Å²) in [7, 11) is 0. The van der Waals surface area contributed by atoms with E-state index in [4.69, 9.17) is 10.00 Å². The van der Waals surface area contributed by atoms with E-state index in [1.54, 1.807) is 11.3 Å². The van der Waals surface area contributed by atoms with Gasteiger partial charge in [-0.05, 0) is 46.5 Å². The highest BCUT2D eigenvalue weighted by Gasteiger charge is 2.00. The molecule has 1 aromatic heterocycles. The summed E-state index contributed by atoms with van der Waals surface area (Å²) in [4.78, 5) is 0. The first kappa shape index (κ1) is 13.6. The molecule has 0 aliphatic heterocycles. The zero-order valence-electron chi connectivity index (χ0n) is 10.8. The van der Waals surface area contributed by atoms with E-state index < -0.39 is 0 Å². The molecular weight excluding hydrogens is 256 g/mol. The second-order valence-electron chi connectivity index (χ2n) is 4.28. The first-order chi connectivity index (χ1) is 9.29. The summed E-state index contributed by atoms with van der Waals surface area (Å²) in [6.07, 6.45) is 0. The first-order valence-corrected chi connectivity index (χ1v) is 7.05. The molecule has 0 amide bonds. The third-order valence-electron chi connectivity index (χ3n) is 2.81. The Morgan fingerprint density at radius 2 is 2.21 bits per heavy atom. The summed E-state index contributed by atoms with van der Waals surface area (Å²) in [6.45, 7) is 3.88. The zero-order chi connectivity index (χ0) is 13.5. The van der Waals surface area contributed by atoms with Gasteiger partial charge in [-0.1, -0.05) is 12.1 Å². The lowest BCUT2D eigenvalue weighted by molar-refractivity contribution is 0.367. The van der Waals surface area contributed by atoms with Crippen LogP contribution in [-0.2, 0) is 13.1 Å². The Hall–Kier alpha value is -1.83. The smallest absolute Gasteiger partial charge is 0.174 e. The standard InChI is InChI=1S/C15H16N2OS/c1-12-10-19-11-14(12)9-17-8-13-3-2-4-15(7-13)18-6-5-16/h2-4,7,10-11,17H,6,8-9H2,1H3. The fraction of sp³-hybridized carbons (Fsp3) is 0.267. The molecule has 0 aliphatic rings. The summed E-state index contributed by atoms with van der Waals surface area (Å²) >= 11 is 1.73. The SMILES string of the molecule is Cc1cscc1CNCc1cccc(OCC#N)c1. The van der Waals surface area contributed by atoms with E-state index in [0.29, 0.717) is 0 Å². The monoisotopic (exact) mass is 272 g/mol. The molecule has 4 heteroatoms. The van der Waals surface area contributed by atoms with Gasteiger partial charge in [0.2, 0.25) is 0 Å². The number of benzene rings is 1. The molecule has 0 unspecified atom stereocenters. The molecule has 0 saturated carbocycles. The molecule has 0 bridgehead atoms. The van der Waals surface area contributed by atoms with Gasteiger partial charge in [-0.3, -0.25) is 0 Å². The number of hydrogen-bond acceptors (Lipinski definition) is 4. The molecule has 1 heterocycles. The minimum atomic E-state index is 0.0883. The Balaban J connectivity index is 1.86. The number of nitrogens with zero attached hydrogens (tertiary/aromatic N) is 1. The lowest BCUT2D eigenvalue weighted by atomic mass is 10.2. The Labute approximate surface area is 117 Å². The molecule has 98 valence electrons. The highest BCUT2D eigenvalue weighted by atomic mass is 32.1. The number of nitriles is 1. The number of aryl methyl sites for hydroxylation is 1. The molecule has 0 saturated heterocycles. The Bertz CT molecular complexity index is 572. The van der Waals surface area contributed by atoms with Gasteiger partial charge in [-0.25, -0.2) is 0 Å². The number of nitrogens with one attached hydrogen (secondary N) is 1. The predicted octanol–water partition coefficient (Wildman–Crippen LogP) is 3.25. The van der Waals surface area contributed by atoms with Crippen LogP contribution in [0.3, 0.4) is 0 Å². The lowest BCUT2D eigenvalue weighted by Gasteiger charge is -2.07. The highest BCUT2D eigenvalue weighted by molar-refractivity contribution is 7.08. The van der Waals surface area contributed by atoms with Crippen LogP contribution in [0.25, 0.3) is 0 Å². The molecular formula is C15H16N2OS. The normalized spacial score (nSPS) is 10.1. The molecule has 19 heavy (non-hydrogen) atoms. The number of rotatable bonds is 6. The van der Waals surface area contributed by atoms with Gasteiger partial charge in [0, 0.05) is 13.1 Å². The molecule has 3 nitrogen and oxygen atoms in total. The largest absolute Gasteiger partial charge is 0.479 e. The quantitative estimate of drug-likeness (QED) is 0.878. The molecule has 0 atom stereocenters. The lowest BCUT2D eigenvalue weighted by Crippen LogP contribution is -2.12. The van der Waals surface area contributed by atoms with E-state index in [1.807, 2.05) is 30.3 Å². The van der Waals surface area contributed by atoms with Crippen LogP contribution >= 0.6 is 11.3 Å². The summed E-state index contributed by atoms with van der Waals surface area (Å²) < 4.78 is 5.28. The van der Waals surface area contributed by atoms with Gasteiger partial charge in [-0.15, -0.1) is 0 Å². The van der Waals surface area contributed by atoms with Crippen LogP contribution in [0.4, 0.5) is 0 Å². The number of ether oxygens (including phenoxy) is 1. The predicted molar refractivity (Wildman–Crippen MR) is 77.1 cm³/mol. The molecule has 0 fully saturated rings. The van der Waals surface area contributed by atoms with Crippen LogP contribution in [0.15, 0.2) is 35.0 Å². The summed E-state index contributed by atoms with van der Waals surface area (Å²) in [6, 6.07) is 9.79. The summed E-state index contributed by atoms with van der Waals surface area (Å²) in [5.74, 6) is 0.743.